The summed E-state index contributed by atoms with van der Waals surface area (Å²) in [6.45, 7) is 1.47. The largest absolute Gasteiger partial charge is 0.379 e. The molecule has 0 aromatic carbocycles. The van der Waals surface area contributed by atoms with E-state index in [1.54, 1.807) is 0 Å². The summed E-state index contributed by atoms with van der Waals surface area (Å²) in [4.78, 5) is 2.40. The number of sulfonamides is 1. The van der Waals surface area contributed by atoms with E-state index in [0.29, 0.717) is 26.3 Å². The van der Waals surface area contributed by atoms with Gasteiger partial charge in [-0.1, -0.05) is 5.11 Å². The van der Waals surface area contributed by atoms with Crippen LogP contribution < -0.4 is 0 Å². The van der Waals surface area contributed by atoms with Gasteiger partial charge in [-0.25, -0.2) is 8.42 Å². The second kappa shape index (κ2) is 4.43. The van der Waals surface area contributed by atoms with Crippen molar-refractivity contribution in [3.05, 3.63) is 10.4 Å². The Morgan fingerprint density at radius 3 is 2.62 bits per heavy atom. The van der Waals surface area contributed by atoms with Crippen LogP contribution in [0.25, 0.3) is 10.4 Å². The molecule has 13 heavy (non-hydrogen) atoms. The van der Waals surface area contributed by atoms with Gasteiger partial charge >= 0.3 is 0 Å². The van der Waals surface area contributed by atoms with E-state index in [0.717, 1.165) is 0 Å². The second-order valence-electron chi connectivity index (χ2n) is 2.48. The summed E-state index contributed by atoms with van der Waals surface area (Å²) in [5.41, 5.74) is 7.98. The Balaban J connectivity index is 2.61. The van der Waals surface area contributed by atoms with Crippen LogP contribution in [-0.2, 0) is 14.8 Å². The van der Waals surface area contributed by atoms with E-state index in [1.807, 2.05) is 0 Å². The highest BCUT2D eigenvalue weighted by Gasteiger charge is 2.22. The molecule has 0 amide bonds. The first-order valence-electron chi connectivity index (χ1n) is 3.73. The van der Waals surface area contributed by atoms with E-state index in [4.69, 9.17) is 10.3 Å². The Kier molecular flexibility index (Phi) is 3.49. The Labute approximate surface area is 76.0 Å². The molecule has 1 rings (SSSR count). The number of azide groups is 1. The molecule has 0 bridgehead atoms. The molecule has 1 saturated heterocycles. The van der Waals surface area contributed by atoms with Crippen LogP contribution in [0.4, 0.5) is 0 Å². The number of ether oxygens (including phenoxy) is 1. The minimum absolute atomic E-state index is 0.337. The van der Waals surface area contributed by atoms with Crippen molar-refractivity contribution in [3.63, 3.8) is 0 Å². The first-order chi connectivity index (χ1) is 6.17. The molecule has 0 aromatic rings. The van der Waals surface area contributed by atoms with Gasteiger partial charge in [-0.3, -0.25) is 0 Å². The van der Waals surface area contributed by atoms with Gasteiger partial charge in [0.25, 0.3) is 0 Å². The average molecular weight is 206 g/mol. The van der Waals surface area contributed by atoms with Crippen molar-refractivity contribution in [1.29, 1.82) is 0 Å². The van der Waals surface area contributed by atoms with Gasteiger partial charge in [0, 0.05) is 18.0 Å². The lowest BCUT2D eigenvalue weighted by Crippen LogP contribution is -2.41. The van der Waals surface area contributed by atoms with Crippen LogP contribution in [0.15, 0.2) is 5.11 Å². The van der Waals surface area contributed by atoms with Gasteiger partial charge in [0.1, 0.15) is 5.88 Å². The zero-order valence-electron chi connectivity index (χ0n) is 6.96. The molecule has 1 heterocycles. The summed E-state index contributed by atoms with van der Waals surface area (Å²) >= 11 is 0. The van der Waals surface area contributed by atoms with Crippen LogP contribution in [0.5, 0.6) is 0 Å². The fraction of sp³-hybridized carbons (Fsp3) is 1.00. The van der Waals surface area contributed by atoms with Crippen molar-refractivity contribution in [3.8, 4) is 0 Å². The normalized spacial score (nSPS) is 19.4. The van der Waals surface area contributed by atoms with Crippen LogP contribution in [0.2, 0.25) is 0 Å². The first-order valence-corrected chi connectivity index (χ1v) is 5.34. The molecule has 0 N–H and O–H groups in total. The molecule has 8 heteroatoms. The highest BCUT2D eigenvalue weighted by molar-refractivity contribution is 7.89. The SMILES string of the molecule is [N-]=[N+]=NCS(=O)(=O)N1CCOCC1. The third-order valence-electron chi connectivity index (χ3n) is 1.65. The maximum absolute atomic E-state index is 11.4. The highest BCUT2D eigenvalue weighted by atomic mass is 32.2. The zero-order valence-corrected chi connectivity index (χ0v) is 7.77. The van der Waals surface area contributed by atoms with E-state index >= 15 is 0 Å². The maximum atomic E-state index is 11.4. The third kappa shape index (κ3) is 2.85. The van der Waals surface area contributed by atoms with E-state index in [9.17, 15) is 8.42 Å². The lowest BCUT2D eigenvalue weighted by Gasteiger charge is -2.25. The second-order valence-corrected chi connectivity index (χ2v) is 4.42. The number of hydrogen-bond donors (Lipinski definition) is 0. The number of rotatable bonds is 3. The lowest BCUT2D eigenvalue weighted by molar-refractivity contribution is 0.0731. The Morgan fingerprint density at radius 1 is 1.46 bits per heavy atom. The molecule has 1 aliphatic heterocycles. The molecular formula is C5H10N4O3S. The zero-order chi connectivity index (χ0) is 9.73. The summed E-state index contributed by atoms with van der Waals surface area (Å²) in [6, 6.07) is 0. The smallest absolute Gasteiger partial charge is 0.220 e. The van der Waals surface area contributed by atoms with Crippen LogP contribution in [0, 0.1) is 0 Å². The molecule has 0 atom stereocenters. The minimum Gasteiger partial charge on any atom is -0.379 e. The third-order valence-corrected chi connectivity index (χ3v) is 3.24. The fourth-order valence-electron chi connectivity index (χ4n) is 1.01. The maximum Gasteiger partial charge on any atom is 0.220 e. The van der Waals surface area contributed by atoms with Crippen LogP contribution in [0.3, 0.4) is 0 Å². The minimum atomic E-state index is -3.41. The number of hydrogen-bond acceptors (Lipinski definition) is 4. The number of morpholine rings is 1. The molecule has 7 nitrogen and oxygen atoms in total. The van der Waals surface area contributed by atoms with E-state index < -0.39 is 15.9 Å². The molecule has 1 fully saturated rings. The molecule has 0 spiro atoms. The van der Waals surface area contributed by atoms with Crippen molar-refractivity contribution >= 4 is 10.0 Å². The predicted octanol–water partition coefficient (Wildman–Crippen LogP) is -0.0838. The van der Waals surface area contributed by atoms with Crippen molar-refractivity contribution in [2.75, 3.05) is 32.2 Å². The lowest BCUT2D eigenvalue weighted by atomic mass is 10.5. The van der Waals surface area contributed by atoms with Gasteiger partial charge in [-0.15, -0.1) is 0 Å². The predicted molar refractivity (Wildman–Crippen MR) is 45.3 cm³/mol. The monoisotopic (exact) mass is 206 g/mol. The van der Waals surface area contributed by atoms with Crippen molar-refractivity contribution < 1.29 is 13.2 Å². The van der Waals surface area contributed by atoms with Gasteiger partial charge in [-0.05, 0) is 5.53 Å². The van der Waals surface area contributed by atoms with Gasteiger partial charge in [-0.2, -0.15) is 4.31 Å². The standard InChI is InChI=1S/C5H10N4O3S/c6-8-7-5-13(10,11)9-1-3-12-4-2-9/h1-5H2. The molecule has 0 aromatic heterocycles. The van der Waals surface area contributed by atoms with E-state index in [-0.39, 0.29) is 0 Å². The molecule has 0 radical (unpaired) electrons. The van der Waals surface area contributed by atoms with Crippen LogP contribution >= 0.6 is 0 Å². The van der Waals surface area contributed by atoms with Crippen LogP contribution in [0.1, 0.15) is 0 Å². The molecule has 0 aliphatic carbocycles. The summed E-state index contributed by atoms with van der Waals surface area (Å²) in [7, 11) is -3.41. The van der Waals surface area contributed by atoms with Crippen molar-refractivity contribution in [2.45, 2.75) is 0 Å². The summed E-state index contributed by atoms with van der Waals surface area (Å²) in [6.07, 6.45) is 0. The molecule has 0 unspecified atom stereocenters. The highest BCUT2D eigenvalue weighted by Crippen LogP contribution is 2.05. The van der Waals surface area contributed by atoms with Crippen LogP contribution in [-0.4, -0.2) is 44.9 Å². The van der Waals surface area contributed by atoms with Gasteiger partial charge in [0.2, 0.25) is 10.0 Å². The van der Waals surface area contributed by atoms with Crippen molar-refractivity contribution in [2.24, 2.45) is 5.11 Å². The van der Waals surface area contributed by atoms with Gasteiger partial charge < -0.3 is 4.74 Å². The van der Waals surface area contributed by atoms with E-state index in [2.05, 4.69) is 10.0 Å². The molecule has 74 valence electrons. The van der Waals surface area contributed by atoms with Gasteiger partial charge in [0.15, 0.2) is 0 Å². The topological polar surface area (TPSA) is 95.4 Å². The Bertz CT molecular complexity index is 302. The molecular weight excluding hydrogens is 196 g/mol. The summed E-state index contributed by atoms with van der Waals surface area (Å²) < 4.78 is 29.0. The first kappa shape index (κ1) is 10.3. The van der Waals surface area contributed by atoms with Crippen molar-refractivity contribution in [1.82, 2.24) is 4.31 Å². The average Bonchev–Trinajstić information content (AvgIpc) is 2.16. The van der Waals surface area contributed by atoms with E-state index in [1.165, 1.54) is 4.31 Å². The Morgan fingerprint density at radius 2 is 2.08 bits per heavy atom. The number of nitrogens with zero attached hydrogens (tertiary/aromatic N) is 4. The molecule has 0 saturated carbocycles. The fourth-order valence-corrected chi connectivity index (χ4v) is 2.07. The Hall–Kier alpha value is -0.820. The summed E-state index contributed by atoms with van der Waals surface area (Å²) in [5.74, 6) is -0.510. The molecule has 1 aliphatic rings. The quantitative estimate of drug-likeness (QED) is 0.367. The summed E-state index contributed by atoms with van der Waals surface area (Å²) in [5, 5.41) is 3.03. The van der Waals surface area contributed by atoms with Gasteiger partial charge in [0.05, 0.1) is 13.2 Å².